The molecule has 1 atom stereocenters. The zero-order valence-electron chi connectivity index (χ0n) is 14.7. The Balaban J connectivity index is 1.88. The van der Waals surface area contributed by atoms with E-state index < -0.39 is 6.61 Å². The Labute approximate surface area is 156 Å². The van der Waals surface area contributed by atoms with E-state index in [-0.39, 0.29) is 11.8 Å². The van der Waals surface area contributed by atoms with Crippen LogP contribution in [0, 0.1) is 0 Å². The molecule has 6 nitrogen and oxygen atoms in total. The van der Waals surface area contributed by atoms with E-state index in [4.69, 9.17) is 0 Å². The number of allylic oxidation sites excluding steroid dienone is 1. The Morgan fingerprint density at radius 3 is 2.81 bits per heavy atom. The first kappa shape index (κ1) is 18.5. The second-order valence-electron chi connectivity index (χ2n) is 5.67. The Kier molecular flexibility index (Phi) is 5.75. The van der Waals surface area contributed by atoms with Crippen LogP contribution >= 0.6 is 0 Å². The van der Waals surface area contributed by atoms with Gasteiger partial charge in [-0.25, -0.2) is 10.0 Å². The molecule has 0 spiro atoms. The van der Waals surface area contributed by atoms with Gasteiger partial charge in [0.25, 0.3) is 0 Å². The number of alkyl halides is 2. The van der Waals surface area contributed by atoms with Crippen molar-refractivity contribution in [2.75, 3.05) is 0 Å². The van der Waals surface area contributed by atoms with E-state index in [9.17, 15) is 8.78 Å². The van der Waals surface area contributed by atoms with Crippen molar-refractivity contribution in [1.29, 1.82) is 0 Å². The van der Waals surface area contributed by atoms with E-state index in [2.05, 4.69) is 31.7 Å². The number of nitrogens with zero attached hydrogens (tertiary/aromatic N) is 4. The van der Waals surface area contributed by atoms with Crippen LogP contribution in [0.5, 0.6) is 0 Å². The maximum absolute atomic E-state index is 12.3. The number of dihydropyridines is 1. The lowest BCUT2D eigenvalue weighted by Crippen LogP contribution is -2.35. The highest BCUT2D eigenvalue weighted by molar-refractivity contribution is 6.07. The normalized spacial score (nSPS) is 19.7. The molecule has 140 valence electrons. The lowest BCUT2D eigenvalue weighted by Gasteiger charge is -2.29. The van der Waals surface area contributed by atoms with Gasteiger partial charge in [0, 0.05) is 30.4 Å². The lowest BCUT2D eigenvalue weighted by atomic mass is 10.0. The first-order chi connectivity index (χ1) is 13.1. The monoisotopic (exact) mass is 371 g/mol. The highest BCUT2D eigenvalue weighted by Gasteiger charge is 2.24. The van der Waals surface area contributed by atoms with Crippen molar-refractivity contribution in [3.63, 3.8) is 0 Å². The van der Waals surface area contributed by atoms with Crippen LogP contribution in [0.1, 0.15) is 18.9 Å². The summed E-state index contributed by atoms with van der Waals surface area (Å²) in [6.07, 6.45) is 12.4. The van der Waals surface area contributed by atoms with Crippen LogP contribution in [-0.2, 0) is 4.74 Å². The Morgan fingerprint density at radius 1 is 1.41 bits per heavy atom. The third kappa shape index (κ3) is 4.46. The molecule has 1 unspecified atom stereocenters. The third-order valence-electron chi connectivity index (χ3n) is 3.77. The average molecular weight is 371 g/mol. The van der Waals surface area contributed by atoms with Gasteiger partial charge in [-0.2, -0.15) is 13.9 Å². The molecule has 0 fully saturated rings. The smallest absolute Gasteiger partial charge is 0.387 e. The molecule has 3 heterocycles. The van der Waals surface area contributed by atoms with Gasteiger partial charge in [-0.1, -0.05) is 19.6 Å². The maximum Gasteiger partial charge on any atom is 0.387 e. The van der Waals surface area contributed by atoms with E-state index in [0.717, 1.165) is 17.7 Å². The zero-order valence-corrected chi connectivity index (χ0v) is 14.7. The minimum atomic E-state index is -2.87. The Morgan fingerprint density at radius 2 is 2.19 bits per heavy atom. The highest BCUT2D eigenvalue weighted by atomic mass is 19.3. The zero-order chi connectivity index (χ0) is 19.2. The summed E-state index contributed by atoms with van der Waals surface area (Å²) in [4.78, 5) is 8.56. The Hall–Kier alpha value is -3.29. The molecular formula is C19H19F2N5O. The third-order valence-corrected chi connectivity index (χ3v) is 3.77. The first-order valence-electron chi connectivity index (χ1n) is 8.40. The predicted octanol–water partition coefficient (Wildman–Crippen LogP) is 3.65. The highest BCUT2D eigenvalue weighted by Crippen LogP contribution is 2.28. The predicted molar refractivity (Wildman–Crippen MR) is 101 cm³/mol. The van der Waals surface area contributed by atoms with Gasteiger partial charge < -0.3 is 10.1 Å². The number of hydrogen-bond acceptors (Lipinski definition) is 6. The van der Waals surface area contributed by atoms with Crippen LogP contribution in [0.15, 0.2) is 77.2 Å². The summed E-state index contributed by atoms with van der Waals surface area (Å²) in [7, 11) is 0. The topological polar surface area (TPSA) is 62.1 Å². The molecule has 0 aliphatic carbocycles. The molecule has 0 amide bonds. The van der Waals surface area contributed by atoms with Crippen LogP contribution in [0.4, 0.5) is 8.78 Å². The van der Waals surface area contributed by atoms with Crippen LogP contribution in [-0.4, -0.2) is 34.6 Å². The van der Waals surface area contributed by atoms with E-state index >= 15 is 0 Å². The number of nitrogens with one attached hydrogen (secondary N) is 1. The van der Waals surface area contributed by atoms with E-state index in [1.54, 1.807) is 29.7 Å². The fraction of sp³-hybridized carbons (Fsp3) is 0.211. The number of hydrazone groups is 1. The first-order valence-corrected chi connectivity index (χ1v) is 8.40. The van der Waals surface area contributed by atoms with Gasteiger partial charge >= 0.3 is 6.61 Å². The van der Waals surface area contributed by atoms with Crippen molar-refractivity contribution in [3.05, 3.63) is 72.7 Å². The molecule has 0 saturated heterocycles. The van der Waals surface area contributed by atoms with Gasteiger partial charge in [0.15, 0.2) is 0 Å². The molecule has 1 N–H and O–H groups in total. The van der Waals surface area contributed by atoms with Crippen molar-refractivity contribution in [3.8, 4) is 0 Å². The summed E-state index contributed by atoms with van der Waals surface area (Å²) >= 11 is 0. The van der Waals surface area contributed by atoms with Gasteiger partial charge in [0.05, 0.1) is 17.5 Å². The van der Waals surface area contributed by atoms with Gasteiger partial charge in [-0.05, 0) is 30.7 Å². The Bertz CT molecular complexity index is 843. The van der Waals surface area contributed by atoms with Crippen molar-refractivity contribution in [2.24, 2.45) is 10.1 Å². The minimum Gasteiger partial charge on any atom is -0.433 e. The fourth-order valence-corrected chi connectivity index (χ4v) is 2.58. The minimum absolute atomic E-state index is 0.0593. The number of ether oxygens (including phenoxy) is 1. The maximum atomic E-state index is 12.3. The quantitative estimate of drug-likeness (QED) is 0.776. The summed E-state index contributed by atoms with van der Waals surface area (Å²) in [6.45, 7) is 3.12. The van der Waals surface area contributed by atoms with Crippen molar-refractivity contribution in [1.82, 2.24) is 15.3 Å². The SMILES string of the molecule is C=C1N=C(C2C=CC(OC(F)F)=CN2)C=C(c2ccncc2)N1/N=C\CC. The van der Waals surface area contributed by atoms with E-state index in [0.29, 0.717) is 11.5 Å². The number of pyridine rings is 1. The summed E-state index contributed by atoms with van der Waals surface area (Å²) in [5.74, 6) is 0.516. The number of aromatic nitrogens is 1. The van der Waals surface area contributed by atoms with Crippen LogP contribution < -0.4 is 5.32 Å². The van der Waals surface area contributed by atoms with Gasteiger partial charge in [0.1, 0.15) is 11.6 Å². The molecule has 0 saturated carbocycles. The molecule has 8 heteroatoms. The molecule has 0 aromatic carbocycles. The summed E-state index contributed by atoms with van der Waals surface area (Å²) in [6, 6.07) is 3.44. The van der Waals surface area contributed by atoms with Gasteiger partial charge in [0.2, 0.25) is 0 Å². The standard InChI is InChI=1S/C19H19F2N5O/c1-3-8-24-26-13(2)25-17(11-18(26)14-6-9-22-10-7-14)16-5-4-15(12-23-16)27-19(20)21/h4-12,16,19,23H,2-3H2,1H3/b24-8-. The number of rotatable bonds is 6. The van der Waals surface area contributed by atoms with Crippen molar-refractivity contribution >= 4 is 17.6 Å². The molecule has 2 aliphatic heterocycles. The molecular weight excluding hydrogens is 352 g/mol. The average Bonchev–Trinajstić information content (AvgIpc) is 2.67. The summed E-state index contributed by atoms with van der Waals surface area (Å²) in [5.41, 5.74) is 2.38. The lowest BCUT2D eigenvalue weighted by molar-refractivity contribution is -0.0926. The van der Waals surface area contributed by atoms with Gasteiger partial charge in [-0.3, -0.25) is 4.98 Å². The molecule has 3 rings (SSSR count). The van der Waals surface area contributed by atoms with Crippen LogP contribution in [0.25, 0.3) is 5.70 Å². The molecule has 2 aliphatic rings. The van der Waals surface area contributed by atoms with Crippen molar-refractivity contribution in [2.45, 2.75) is 26.0 Å². The van der Waals surface area contributed by atoms with Crippen LogP contribution in [0.2, 0.25) is 0 Å². The number of hydrogen-bond donors (Lipinski definition) is 1. The van der Waals surface area contributed by atoms with Crippen LogP contribution in [0.3, 0.4) is 0 Å². The second kappa shape index (κ2) is 8.39. The largest absolute Gasteiger partial charge is 0.433 e. The van der Waals surface area contributed by atoms with E-state index in [1.165, 1.54) is 12.3 Å². The summed E-state index contributed by atoms with van der Waals surface area (Å²) < 4.78 is 29.0. The summed E-state index contributed by atoms with van der Waals surface area (Å²) in [5, 5.41) is 9.09. The molecule has 0 radical (unpaired) electrons. The molecule has 1 aromatic rings. The van der Waals surface area contributed by atoms with Crippen molar-refractivity contribution < 1.29 is 13.5 Å². The molecule has 27 heavy (non-hydrogen) atoms. The molecule has 0 bridgehead atoms. The molecule has 1 aromatic heterocycles. The number of halogens is 2. The van der Waals surface area contributed by atoms with Gasteiger partial charge in [-0.15, -0.1) is 0 Å². The van der Waals surface area contributed by atoms with E-state index in [1.807, 2.05) is 25.1 Å². The number of aliphatic imine (C=N–C) groups is 1. The second-order valence-corrected chi connectivity index (χ2v) is 5.67. The fourth-order valence-electron chi connectivity index (χ4n) is 2.58.